The van der Waals surface area contributed by atoms with Crippen LogP contribution in [-0.2, 0) is 6.54 Å². The van der Waals surface area contributed by atoms with Crippen LogP contribution in [0, 0.1) is 0 Å². The van der Waals surface area contributed by atoms with E-state index in [-0.39, 0.29) is 0 Å². The molecule has 3 heterocycles. The molecule has 0 unspecified atom stereocenters. The van der Waals surface area contributed by atoms with E-state index in [2.05, 4.69) is 58.0 Å². The topological polar surface area (TPSA) is 11.4 Å². The van der Waals surface area contributed by atoms with Gasteiger partial charge in [-0.15, -0.1) is 0 Å². The molecule has 0 aliphatic carbocycles. The molecule has 2 aliphatic heterocycles. The second kappa shape index (κ2) is 5.49. The Hall–Kier alpha value is -1.71. The Bertz CT molecular complexity index is 813. The van der Waals surface area contributed by atoms with Gasteiger partial charge in [-0.3, -0.25) is 0 Å². The number of hydrogen-bond acceptors (Lipinski definition) is 2. The number of nitrogens with zero attached hydrogens (tertiary/aromatic N) is 3. The summed E-state index contributed by atoms with van der Waals surface area (Å²) in [4.78, 5) is 4.92. The Morgan fingerprint density at radius 2 is 1.86 bits per heavy atom. The molecule has 3 nitrogen and oxygen atoms in total. The van der Waals surface area contributed by atoms with Gasteiger partial charge in [0.1, 0.15) is 0 Å². The van der Waals surface area contributed by atoms with Crippen LogP contribution in [0.2, 0.25) is 5.02 Å². The summed E-state index contributed by atoms with van der Waals surface area (Å²) in [6, 6.07) is 10.6. The van der Waals surface area contributed by atoms with Gasteiger partial charge in [-0.05, 0) is 36.5 Å². The van der Waals surface area contributed by atoms with Gasteiger partial charge in [-0.1, -0.05) is 23.7 Å². The summed E-state index contributed by atoms with van der Waals surface area (Å²) < 4.78 is 2.32. The molecule has 1 aromatic heterocycles. The lowest BCUT2D eigenvalue weighted by atomic mass is 10.1. The van der Waals surface area contributed by atoms with Gasteiger partial charge in [0.05, 0.1) is 11.4 Å². The van der Waals surface area contributed by atoms with E-state index in [1.807, 2.05) is 6.07 Å². The van der Waals surface area contributed by atoms with Crippen molar-refractivity contribution in [3.05, 3.63) is 57.7 Å². The standard InChI is InChI=1S/C18H20ClN3/c1-20-9-11-22(12-10-20)18-16-5-4-15(19)13-14(16)6-8-21-7-2-3-17(18)21/h2-7,13H,8-12H2,1H3. The van der Waals surface area contributed by atoms with Crippen molar-refractivity contribution in [3.8, 4) is 0 Å². The minimum Gasteiger partial charge on any atom is -0.367 e. The van der Waals surface area contributed by atoms with E-state index in [0.29, 0.717) is 0 Å². The summed E-state index contributed by atoms with van der Waals surface area (Å²) in [6.45, 7) is 5.25. The zero-order valence-electron chi connectivity index (χ0n) is 12.8. The summed E-state index contributed by atoms with van der Waals surface area (Å²) in [5.41, 5.74) is 2.65. The Labute approximate surface area is 135 Å². The largest absolute Gasteiger partial charge is 0.367 e. The van der Waals surface area contributed by atoms with Crippen LogP contribution in [0.25, 0.3) is 11.8 Å². The van der Waals surface area contributed by atoms with Gasteiger partial charge in [0.15, 0.2) is 0 Å². The van der Waals surface area contributed by atoms with Crippen molar-refractivity contribution in [2.24, 2.45) is 0 Å². The SMILES string of the molecule is CN1CCN(C2=c3ccc(Cl)cc3=CCn3cccc32)CC1. The number of piperazine rings is 1. The van der Waals surface area contributed by atoms with Gasteiger partial charge in [0.2, 0.25) is 0 Å². The van der Waals surface area contributed by atoms with Crippen LogP contribution in [0.15, 0.2) is 36.5 Å². The predicted octanol–water partition coefficient (Wildman–Crippen LogP) is 1.34. The Balaban J connectivity index is 1.95. The first-order valence-corrected chi connectivity index (χ1v) is 8.19. The second-order valence-corrected chi connectivity index (χ2v) is 6.56. The molecule has 0 radical (unpaired) electrons. The number of aromatic nitrogens is 1. The Morgan fingerprint density at radius 1 is 1.05 bits per heavy atom. The molecule has 22 heavy (non-hydrogen) atoms. The highest BCUT2D eigenvalue weighted by Crippen LogP contribution is 2.20. The molecule has 4 heteroatoms. The highest BCUT2D eigenvalue weighted by atomic mass is 35.5. The summed E-state index contributed by atoms with van der Waals surface area (Å²) >= 11 is 6.21. The molecule has 0 atom stereocenters. The molecule has 1 saturated heterocycles. The van der Waals surface area contributed by atoms with E-state index >= 15 is 0 Å². The van der Waals surface area contributed by atoms with Crippen molar-refractivity contribution in [2.75, 3.05) is 33.2 Å². The molecule has 114 valence electrons. The molecule has 4 rings (SSSR count). The molecule has 1 fully saturated rings. The van der Waals surface area contributed by atoms with Crippen molar-refractivity contribution in [3.63, 3.8) is 0 Å². The minimum absolute atomic E-state index is 0.805. The van der Waals surface area contributed by atoms with Crippen molar-refractivity contribution in [1.29, 1.82) is 0 Å². The van der Waals surface area contributed by atoms with Crippen molar-refractivity contribution >= 4 is 23.4 Å². The Morgan fingerprint density at radius 3 is 2.68 bits per heavy atom. The number of hydrogen-bond donors (Lipinski definition) is 0. The highest BCUT2D eigenvalue weighted by Gasteiger charge is 2.21. The number of halogens is 1. The number of fused-ring (bicyclic) bond motifs is 2. The predicted molar refractivity (Wildman–Crippen MR) is 91.2 cm³/mol. The van der Waals surface area contributed by atoms with Crippen LogP contribution >= 0.6 is 11.6 Å². The zero-order valence-corrected chi connectivity index (χ0v) is 13.6. The average Bonchev–Trinajstić information content (AvgIpc) is 2.92. The molecule has 0 saturated carbocycles. The van der Waals surface area contributed by atoms with E-state index in [0.717, 1.165) is 37.7 Å². The van der Waals surface area contributed by atoms with Crippen LogP contribution in [0.3, 0.4) is 0 Å². The van der Waals surface area contributed by atoms with Gasteiger partial charge in [-0.2, -0.15) is 0 Å². The first kappa shape index (κ1) is 13.9. The second-order valence-electron chi connectivity index (χ2n) is 6.12. The van der Waals surface area contributed by atoms with E-state index in [1.54, 1.807) is 0 Å². The summed E-state index contributed by atoms with van der Waals surface area (Å²) in [5.74, 6) is 0. The molecule has 2 aliphatic rings. The fourth-order valence-corrected chi connectivity index (χ4v) is 3.58. The lowest BCUT2D eigenvalue weighted by Crippen LogP contribution is -2.46. The molecule has 2 aromatic rings. The zero-order chi connectivity index (χ0) is 15.1. The van der Waals surface area contributed by atoms with Gasteiger partial charge in [0.25, 0.3) is 0 Å². The van der Waals surface area contributed by atoms with Gasteiger partial charge in [0, 0.05) is 49.2 Å². The van der Waals surface area contributed by atoms with Crippen LogP contribution in [0.4, 0.5) is 0 Å². The molecule has 0 bridgehead atoms. The molecule has 0 N–H and O–H groups in total. The third-order valence-electron chi connectivity index (χ3n) is 4.67. The molecule has 0 amide bonds. The first-order valence-electron chi connectivity index (χ1n) is 7.81. The first-order chi connectivity index (χ1) is 10.7. The Kier molecular flexibility index (Phi) is 3.47. The fraction of sp³-hybridized carbons (Fsp3) is 0.333. The maximum absolute atomic E-state index is 6.21. The summed E-state index contributed by atoms with van der Waals surface area (Å²) in [7, 11) is 2.19. The fourth-order valence-electron chi connectivity index (χ4n) is 3.40. The minimum atomic E-state index is 0.805. The van der Waals surface area contributed by atoms with Gasteiger partial charge >= 0.3 is 0 Å². The van der Waals surface area contributed by atoms with E-state index < -0.39 is 0 Å². The summed E-state index contributed by atoms with van der Waals surface area (Å²) in [5, 5.41) is 3.34. The molecular weight excluding hydrogens is 294 g/mol. The normalized spacial score (nSPS) is 18.5. The van der Waals surface area contributed by atoms with Crippen molar-refractivity contribution in [2.45, 2.75) is 6.54 Å². The molecule has 0 spiro atoms. The number of benzene rings is 1. The third kappa shape index (κ3) is 2.34. The summed E-state index contributed by atoms with van der Waals surface area (Å²) in [6.07, 6.45) is 4.43. The van der Waals surface area contributed by atoms with E-state index in [1.165, 1.54) is 21.8 Å². The van der Waals surface area contributed by atoms with E-state index in [4.69, 9.17) is 11.6 Å². The smallest absolute Gasteiger partial charge is 0.0688 e. The highest BCUT2D eigenvalue weighted by molar-refractivity contribution is 6.30. The number of rotatable bonds is 1. The van der Waals surface area contributed by atoms with Gasteiger partial charge < -0.3 is 14.4 Å². The lowest BCUT2D eigenvalue weighted by Gasteiger charge is -2.35. The monoisotopic (exact) mass is 313 g/mol. The van der Waals surface area contributed by atoms with Crippen LogP contribution < -0.4 is 10.4 Å². The van der Waals surface area contributed by atoms with E-state index in [9.17, 15) is 0 Å². The maximum Gasteiger partial charge on any atom is 0.0688 e. The number of likely N-dealkylation sites (N-methyl/N-ethyl adjacent to an activating group) is 1. The molecular formula is C18H20ClN3. The van der Waals surface area contributed by atoms with Crippen molar-refractivity contribution in [1.82, 2.24) is 14.4 Å². The maximum atomic E-state index is 6.21. The molecule has 1 aromatic carbocycles. The average molecular weight is 314 g/mol. The third-order valence-corrected chi connectivity index (χ3v) is 4.90. The quantitative estimate of drug-likeness (QED) is 0.787. The van der Waals surface area contributed by atoms with Crippen molar-refractivity contribution < 1.29 is 0 Å². The van der Waals surface area contributed by atoms with Crippen LogP contribution in [0.1, 0.15) is 5.69 Å². The van der Waals surface area contributed by atoms with Crippen LogP contribution in [-0.4, -0.2) is 47.6 Å². The van der Waals surface area contributed by atoms with Crippen LogP contribution in [0.5, 0.6) is 0 Å². The van der Waals surface area contributed by atoms with Gasteiger partial charge in [-0.25, -0.2) is 0 Å². The lowest BCUT2D eigenvalue weighted by molar-refractivity contribution is 0.206.